The third-order valence-electron chi connectivity index (χ3n) is 12.9. The molecule has 0 saturated heterocycles. The molecule has 0 bridgehead atoms. The van der Waals surface area contributed by atoms with E-state index >= 15 is 0 Å². The number of thiophene rings is 2. The molecule has 6 heteroatoms. The topological polar surface area (TPSA) is 35.6 Å². The Hall–Kier alpha value is -7.90. The number of nitrogens with zero attached hydrogens (tertiary/aromatic N) is 4. The van der Waals surface area contributed by atoms with Crippen LogP contribution in [0.1, 0.15) is 0 Å². The van der Waals surface area contributed by atoms with Crippen LogP contribution in [0.2, 0.25) is 0 Å². The number of hydrogen-bond acceptors (Lipinski definition) is 4. The summed E-state index contributed by atoms with van der Waals surface area (Å²) < 4.78 is 8.32. The zero-order valence-corrected chi connectivity index (χ0v) is 35.9. The van der Waals surface area contributed by atoms with Gasteiger partial charge in [0, 0.05) is 57.8 Å². The molecule has 5 aromatic heterocycles. The van der Waals surface area contributed by atoms with Crippen molar-refractivity contribution in [2.45, 2.75) is 0 Å². The monoisotopic (exact) mass is 850 g/mol. The summed E-state index contributed by atoms with van der Waals surface area (Å²) in [6.45, 7) is 0. The van der Waals surface area contributed by atoms with Crippen LogP contribution in [0.5, 0.6) is 0 Å². The van der Waals surface area contributed by atoms with Crippen molar-refractivity contribution in [3.05, 3.63) is 206 Å². The van der Waals surface area contributed by atoms with Gasteiger partial charge in [-0.2, -0.15) is 0 Å². The van der Waals surface area contributed by atoms with Gasteiger partial charge in [-0.1, -0.05) is 127 Å². The highest BCUT2D eigenvalue weighted by molar-refractivity contribution is 7.25. The van der Waals surface area contributed by atoms with Gasteiger partial charge in [0.1, 0.15) is 0 Å². The summed E-state index contributed by atoms with van der Waals surface area (Å²) in [5.74, 6) is 0.661. The van der Waals surface area contributed by atoms with Crippen molar-refractivity contribution in [2.75, 3.05) is 0 Å². The van der Waals surface area contributed by atoms with Gasteiger partial charge in [0.05, 0.1) is 38.0 Å². The molecule has 0 atom stereocenters. The van der Waals surface area contributed by atoms with E-state index < -0.39 is 0 Å². The standard InChI is InChI=1S/C58H34N4S2/c1-3-13-35(14-4-1)55-34-48-57(64-55)56(40-25-28-54-47(32-40)43-20-10-12-22-53(43)63-54)60-58(59-48)62-51-27-24-39(31-45(51)46-29-36-15-7-8-16-37(36)33-52(46)62)38-23-26-50-44(30-38)42-19-9-11-21-49(42)61(50)41-17-5-2-6-18-41/h1-34H. The van der Waals surface area contributed by atoms with E-state index in [1.165, 1.54) is 74.1 Å². The Kier molecular flexibility index (Phi) is 7.69. The van der Waals surface area contributed by atoms with Gasteiger partial charge < -0.3 is 4.57 Å². The number of fused-ring (bicyclic) bond motifs is 11. The van der Waals surface area contributed by atoms with Crippen LogP contribution in [0.3, 0.4) is 0 Å². The lowest BCUT2D eigenvalue weighted by Gasteiger charge is -2.11. The van der Waals surface area contributed by atoms with Crippen molar-refractivity contribution in [1.29, 1.82) is 0 Å². The fourth-order valence-electron chi connectivity index (χ4n) is 9.94. The van der Waals surface area contributed by atoms with Gasteiger partial charge >= 0.3 is 0 Å². The summed E-state index contributed by atoms with van der Waals surface area (Å²) in [4.78, 5) is 12.2. The third-order valence-corrected chi connectivity index (χ3v) is 15.3. The van der Waals surface area contributed by atoms with E-state index in [2.05, 4.69) is 215 Å². The molecule has 9 aromatic carbocycles. The normalized spacial score (nSPS) is 12.1. The van der Waals surface area contributed by atoms with E-state index in [4.69, 9.17) is 9.97 Å². The van der Waals surface area contributed by atoms with Crippen molar-refractivity contribution in [3.8, 4) is 44.5 Å². The minimum atomic E-state index is 0.661. The Labute approximate surface area is 375 Å². The molecule has 0 unspecified atom stereocenters. The van der Waals surface area contributed by atoms with Crippen LogP contribution in [0.15, 0.2) is 206 Å². The fraction of sp³-hybridized carbons (Fsp3) is 0. The molecule has 0 radical (unpaired) electrons. The Morgan fingerprint density at radius 1 is 0.344 bits per heavy atom. The molecular weight excluding hydrogens is 817 g/mol. The van der Waals surface area contributed by atoms with Gasteiger partial charge in [-0.25, -0.2) is 9.97 Å². The number of benzene rings is 9. The summed E-state index contributed by atoms with van der Waals surface area (Å²) in [5.41, 5.74) is 12.2. The lowest BCUT2D eigenvalue weighted by atomic mass is 10.00. The van der Waals surface area contributed by atoms with E-state index in [1.54, 1.807) is 11.3 Å². The first-order valence-corrected chi connectivity index (χ1v) is 23.2. The molecule has 4 nitrogen and oxygen atoms in total. The molecule has 0 aliphatic rings. The highest BCUT2D eigenvalue weighted by Gasteiger charge is 2.22. The maximum atomic E-state index is 5.61. The molecular formula is C58H34N4S2. The molecule has 14 rings (SSSR count). The zero-order chi connectivity index (χ0) is 41.9. The molecule has 0 saturated carbocycles. The summed E-state index contributed by atoms with van der Waals surface area (Å²) in [6, 6.07) is 74.9. The molecule has 0 aliphatic carbocycles. The van der Waals surface area contributed by atoms with Crippen LogP contribution >= 0.6 is 22.7 Å². The van der Waals surface area contributed by atoms with Crippen molar-refractivity contribution in [2.24, 2.45) is 0 Å². The Morgan fingerprint density at radius 2 is 0.938 bits per heavy atom. The number of aromatic nitrogens is 4. The molecule has 5 heterocycles. The first-order valence-electron chi connectivity index (χ1n) is 21.6. The zero-order valence-electron chi connectivity index (χ0n) is 34.2. The van der Waals surface area contributed by atoms with E-state index in [0.717, 1.165) is 49.1 Å². The predicted octanol–water partition coefficient (Wildman–Crippen LogP) is 16.4. The van der Waals surface area contributed by atoms with Crippen molar-refractivity contribution >= 4 is 107 Å². The molecule has 0 amide bonds. The first kappa shape index (κ1) is 35.7. The lowest BCUT2D eigenvalue weighted by Crippen LogP contribution is -2.02. The second-order valence-corrected chi connectivity index (χ2v) is 18.7. The summed E-state index contributed by atoms with van der Waals surface area (Å²) in [6.07, 6.45) is 0. The largest absolute Gasteiger partial charge is 0.309 e. The van der Waals surface area contributed by atoms with Crippen LogP contribution in [0, 0.1) is 0 Å². The van der Waals surface area contributed by atoms with E-state index in [9.17, 15) is 0 Å². The van der Waals surface area contributed by atoms with Gasteiger partial charge in [-0.05, 0) is 106 Å². The van der Waals surface area contributed by atoms with Gasteiger partial charge in [0.15, 0.2) is 0 Å². The Balaban J connectivity index is 1.01. The molecule has 0 spiro atoms. The molecule has 298 valence electrons. The van der Waals surface area contributed by atoms with E-state index in [-0.39, 0.29) is 0 Å². The van der Waals surface area contributed by atoms with E-state index in [0.29, 0.717) is 5.95 Å². The molecule has 0 N–H and O–H groups in total. The maximum absolute atomic E-state index is 5.61. The molecule has 0 aliphatic heterocycles. The fourth-order valence-corrected chi connectivity index (χ4v) is 12.1. The van der Waals surface area contributed by atoms with Gasteiger partial charge in [0.2, 0.25) is 5.95 Å². The molecule has 64 heavy (non-hydrogen) atoms. The van der Waals surface area contributed by atoms with Crippen molar-refractivity contribution in [1.82, 2.24) is 19.1 Å². The van der Waals surface area contributed by atoms with Crippen LogP contribution in [0.25, 0.3) is 129 Å². The maximum Gasteiger partial charge on any atom is 0.235 e. The average Bonchev–Trinajstić information content (AvgIpc) is 4.12. The summed E-state index contributed by atoms with van der Waals surface area (Å²) >= 11 is 3.61. The number of rotatable bonds is 5. The van der Waals surface area contributed by atoms with Crippen LogP contribution < -0.4 is 0 Å². The number of hydrogen-bond donors (Lipinski definition) is 0. The van der Waals surface area contributed by atoms with Crippen LogP contribution in [0.4, 0.5) is 0 Å². The second kappa shape index (κ2) is 13.8. The lowest BCUT2D eigenvalue weighted by molar-refractivity contribution is 1.02. The quantitative estimate of drug-likeness (QED) is 0.173. The first-order chi connectivity index (χ1) is 31.7. The van der Waals surface area contributed by atoms with Gasteiger partial charge in [-0.15, -0.1) is 22.7 Å². The highest BCUT2D eigenvalue weighted by Crippen LogP contribution is 2.44. The molecule has 0 fully saturated rings. The van der Waals surface area contributed by atoms with Crippen LogP contribution in [-0.4, -0.2) is 19.1 Å². The van der Waals surface area contributed by atoms with E-state index in [1.807, 2.05) is 11.3 Å². The minimum Gasteiger partial charge on any atom is -0.309 e. The Morgan fingerprint density at radius 3 is 1.75 bits per heavy atom. The highest BCUT2D eigenvalue weighted by atomic mass is 32.1. The van der Waals surface area contributed by atoms with Crippen molar-refractivity contribution < 1.29 is 0 Å². The third kappa shape index (κ3) is 5.40. The minimum absolute atomic E-state index is 0.661. The van der Waals surface area contributed by atoms with Gasteiger partial charge in [0.25, 0.3) is 0 Å². The summed E-state index contributed by atoms with van der Waals surface area (Å²) in [7, 11) is 0. The number of para-hydroxylation sites is 2. The van der Waals surface area contributed by atoms with Crippen LogP contribution in [-0.2, 0) is 0 Å². The average molecular weight is 851 g/mol. The SMILES string of the molecule is c1ccc(-c2cc3nc(-n4c5ccc(-c6ccc7c(c6)c6ccccc6n7-c6ccccc6)cc5c5cc6ccccc6cc54)nc(-c4ccc5sc6ccccc6c5c4)c3s2)cc1. The summed E-state index contributed by atoms with van der Waals surface area (Å²) in [5, 5.41) is 9.72. The molecule has 14 aromatic rings. The van der Waals surface area contributed by atoms with Gasteiger partial charge in [-0.3, -0.25) is 4.57 Å². The Bertz CT molecular complexity index is 4190. The predicted molar refractivity (Wildman–Crippen MR) is 273 cm³/mol. The smallest absolute Gasteiger partial charge is 0.235 e. The van der Waals surface area contributed by atoms with Crippen molar-refractivity contribution in [3.63, 3.8) is 0 Å². The second-order valence-electron chi connectivity index (χ2n) is 16.6.